The molecule has 2 aliphatic rings. The number of carbonyl (C=O) groups is 6. The molecule has 2 saturated heterocycles. The molecule has 0 aromatic heterocycles. The quantitative estimate of drug-likeness (QED) is 0.0247. The number of rotatable bonds is 33. The Morgan fingerprint density at radius 1 is 0.488 bits per heavy atom. The maximum absolute atomic E-state index is 14.1. The lowest BCUT2D eigenvalue weighted by atomic mass is 9.84. The molecule has 0 N–H and O–H groups in total. The third-order valence-corrected chi connectivity index (χ3v) is 16.1. The van der Waals surface area contributed by atoms with Crippen molar-refractivity contribution in [2.75, 3.05) is 81.2 Å². The van der Waals surface area contributed by atoms with Crippen LogP contribution in [0.4, 0.5) is 0 Å². The van der Waals surface area contributed by atoms with E-state index in [-0.39, 0.29) is 26.4 Å². The number of piperidine rings is 2. The lowest BCUT2D eigenvalue weighted by Gasteiger charge is -2.36. The van der Waals surface area contributed by atoms with Crippen LogP contribution in [0.3, 0.4) is 0 Å². The summed E-state index contributed by atoms with van der Waals surface area (Å²) in [7, 11) is 6.30. The molecule has 0 radical (unpaired) electrons. The van der Waals surface area contributed by atoms with Crippen LogP contribution in [0.2, 0.25) is 0 Å². The largest absolute Gasteiger partial charge is 0.493 e. The van der Waals surface area contributed by atoms with E-state index in [4.69, 9.17) is 47.4 Å². The van der Waals surface area contributed by atoms with E-state index in [1.54, 1.807) is 56.1 Å². The number of amides is 2. The Labute approximate surface area is 509 Å². The van der Waals surface area contributed by atoms with Crippen molar-refractivity contribution in [1.29, 1.82) is 0 Å². The second kappa shape index (κ2) is 34.8. The van der Waals surface area contributed by atoms with E-state index in [2.05, 4.69) is 0 Å². The first-order valence-electron chi connectivity index (χ1n) is 30.5. The SMILES string of the molecule is CC.CCC(C)(C)C(=O)C(=O)N1CCCCC1C(=O)O[C@H](CCc1ccc(OC)c(OC)c1)c1cccc(OCCOCCOCCOc2cccc(C(CCc3ccc(OC)c(OC)c3)OC(=O)[C@@H]3CCCCN3C(=O)C(=O)C(C)(C)CC)c2)c1. The minimum Gasteiger partial charge on any atom is -0.493 e. The van der Waals surface area contributed by atoms with Crippen LogP contribution < -0.4 is 28.4 Å². The van der Waals surface area contributed by atoms with E-state index < -0.39 is 70.4 Å². The lowest BCUT2D eigenvalue weighted by Crippen LogP contribution is -2.53. The summed E-state index contributed by atoms with van der Waals surface area (Å²) in [5.41, 5.74) is 1.59. The molecule has 6 rings (SSSR count). The zero-order chi connectivity index (χ0) is 62.8. The van der Waals surface area contributed by atoms with Gasteiger partial charge in [-0.3, -0.25) is 19.2 Å². The third-order valence-electron chi connectivity index (χ3n) is 16.1. The van der Waals surface area contributed by atoms with Gasteiger partial charge in [0, 0.05) is 23.9 Å². The topological polar surface area (TPSA) is 201 Å². The first-order valence-corrected chi connectivity index (χ1v) is 30.5. The third kappa shape index (κ3) is 19.7. The standard InChI is InChI=1S/C66H88N2O16.C2H6/c1-11-65(3,4)59(69)61(71)67-33-15-13-23-51(67)63(73)83-53(29-25-45-27-31-55(75-7)57(41-45)77-9)47-19-17-21-49(43-47)81-39-37-79-35-36-80-38-40-82-50-22-18-20-48(44-50)54(30-26-46-28-32-56(76-8)58(42-46)78-10)84-64(74)52-24-14-16-34-68(52)62(72)60(70)66(5,6)12-2;1-2/h17-22,27-28,31-32,41-44,51-54H,11-16,23-26,29-30,33-40H2,1-10H3;1-2H3/t51-,52?,53?,54+;/m0./s1. The van der Waals surface area contributed by atoms with Crippen molar-refractivity contribution in [2.24, 2.45) is 10.8 Å². The van der Waals surface area contributed by atoms with Gasteiger partial charge in [0.15, 0.2) is 23.0 Å². The second-order valence-corrected chi connectivity index (χ2v) is 22.5. The molecule has 4 aromatic rings. The fourth-order valence-electron chi connectivity index (χ4n) is 10.1. The number of carbonyl (C=O) groups excluding carboxylic acids is 6. The molecule has 0 bridgehead atoms. The Balaban J connectivity index is 0.00000668. The molecule has 18 heteroatoms. The fourth-order valence-corrected chi connectivity index (χ4v) is 10.1. The highest BCUT2D eigenvalue weighted by molar-refractivity contribution is 6.38. The number of esters is 2. The molecule has 2 heterocycles. The monoisotopic (exact) mass is 1190 g/mol. The van der Waals surface area contributed by atoms with Crippen LogP contribution in [0.5, 0.6) is 34.5 Å². The molecule has 0 saturated carbocycles. The predicted octanol–water partition coefficient (Wildman–Crippen LogP) is 11.4. The summed E-state index contributed by atoms with van der Waals surface area (Å²) in [6.07, 6.45) is 5.02. The summed E-state index contributed by atoms with van der Waals surface area (Å²) < 4.78 is 58.5. The minimum absolute atomic E-state index is 0.235. The summed E-state index contributed by atoms with van der Waals surface area (Å²) in [5.74, 6) is 0.0211. The number of methoxy groups -OCH3 is 4. The van der Waals surface area contributed by atoms with Gasteiger partial charge in [0.1, 0.15) is 49.0 Å². The van der Waals surface area contributed by atoms with Crippen molar-refractivity contribution >= 4 is 35.3 Å². The molecule has 4 atom stereocenters. The van der Waals surface area contributed by atoms with Crippen molar-refractivity contribution < 1.29 is 76.1 Å². The van der Waals surface area contributed by atoms with E-state index >= 15 is 0 Å². The summed E-state index contributed by atoms with van der Waals surface area (Å²) in [6, 6.07) is 24.3. The number of ketones is 2. The van der Waals surface area contributed by atoms with Gasteiger partial charge in [-0.25, -0.2) is 9.59 Å². The highest BCUT2D eigenvalue weighted by atomic mass is 16.6. The number of ether oxygens (including phenoxy) is 10. The van der Waals surface area contributed by atoms with Crippen LogP contribution in [0.15, 0.2) is 84.9 Å². The van der Waals surface area contributed by atoms with Crippen LogP contribution >= 0.6 is 0 Å². The van der Waals surface area contributed by atoms with Crippen molar-refractivity contribution in [1.82, 2.24) is 9.80 Å². The molecule has 86 heavy (non-hydrogen) atoms. The Morgan fingerprint density at radius 3 is 1.22 bits per heavy atom. The van der Waals surface area contributed by atoms with Crippen molar-refractivity contribution in [3.63, 3.8) is 0 Å². The average Bonchev–Trinajstić information content (AvgIpc) is 1.56. The van der Waals surface area contributed by atoms with Crippen LogP contribution in [-0.2, 0) is 60.6 Å². The highest BCUT2D eigenvalue weighted by Crippen LogP contribution is 2.36. The first kappa shape index (κ1) is 69.6. The van der Waals surface area contributed by atoms with Gasteiger partial charge in [0.2, 0.25) is 11.6 Å². The summed E-state index contributed by atoms with van der Waals surface area (Å²) in [6.45, 7) is 16.9. The molecule has 18 nitrogen and oxygen atoms in total. The zero-order valence-corrected chi connectivity index (χ0v) is 53.0. The number of Topliss-reactive ketones (excluding diaryl/α,β-unsaturated/α-hetero) is 2. The van der Waals surface area contributed by atoms with Gasteiger partial charge in [0.25, 0.3) is 11.8 Å². The van der Waals surface area contributed by atoms with E-state index in [1.165, 1.54) is 9.80 Å². The van der Waals surface area contributed by atoms with Gasteiger partial charge in [0.05, 0.1) is 54.9 Å². The average molecular weight is 1200 g/mol. The van der Waals surface area contributed by atoms with Crippen LogP contribution in [0.25, 0.3) is 0 Å². The van der Waals surface area contributed by atoms with E-state index in [0.717, 1.165) is 24.0 Å². The fraction of sp³-hybridized carbons (Fsp3) is 0.559. The molecule has 472 valence electrons. The van der Waals surface area contributed by atoms with Gasteiger partial charge < -0.3 is 57.2 Å². The van der Waals surface area contributed by atoms with Crippen molar-refractivity contribution in [2.45, 2.75) is 157 Å². The molecular weight excluding hydrogens is 1100 g/mol. The maximum atomic E-state index is 14.1. The Morgan fingerprint density at radius 2 is 0.860 bits per heavy atom. The summed E-state index contributed by atoms with van der Waals surface area (Å²) >= 11 is 0. The molecular formula is C68H94N2O16. The minimum atomic E-state index is -0.887. The highest BCUT2D eigenvalue weighted by Gasteiger charge is 2.43. The van der Waals surface area contributed by atoms with Crippen LogP contribution in [0, 0.1) is 10.8 Å². The predicted molar refractivity (Wildman–Crippen MR) is 327 cm³/mol. The number of hydrogen-bond acceptors (Lipinski definition) is 16. The van der Waals surface area contributed by atoms with Crippen molar-refractivity contribution in [3.05, 3.63) is 107 Å². The molecule has 2 unspecified atom stereocenters. The van der Waals surface area contributed by atoms with Gasteiger partial charge in [-0.1, -0.05) is 91.8 Å². The Hall–Kier alpha value is -7.18. The van der Waals surface area contributed by atoms with Gasteiger partial charge in [-0.15, -0.1) is 0 Å². The zero-order valence-electron chi connectivity index (χ0n) is 53.0. The number of benzene rings is 4. The second-order valence-electron chi connectivity index (χ2n) is 22.5. The first-order chi connectivity index (χ1) is 41.4. The normalized spacial score (nSPS) is 15.9. The number of hydrogen-bond donors (Lipinski definition) is 0. The van der Waals surface area contributed by atoms with Gasteiger partial charge in [-0.2, -0.15) is 0 Å². The number of nitrogens with zero attached hydrogens (tertiary/aromatic N) is 2. The molecule has 0 aliphatic carbocycles. The van der Waals surface area contributed by atoms with Crippen LogP contribution in [-0.4, -0.2) is 138 Å². The molecule has 2 fully saturated rings. The molecule has 2 aliphatic heterocycles. The number of likely N-dealkylation sites (tertiary alicyclic amines) is 2. The Kier molecular flexibility index (Phi) is 28.2. The van der Waals surface area contributed by atoms with E-state index in [9.17, 15) is 28.8 Å². The number of aryl methyl sites for hydroxylation is 2. The van der Waals surface area contributed by atoms with Crippen molar-refractivity contribution in [3.8, 4) is 34.5 Å². The molecule has 2 amide bonds. The van der Waals surface area contributed by atoms with Crippen LogP contribution in [0.1, 0.15) is 154 Å². The van der Waals surface area contributed by atoms with E-state index in [0.29, 0.717) is 136 Å². The summed E-state index contributed by atoms with van der Waals surface area (Å²) in [4.78, 5) is 84.9. The summed E-state index contributed by atoms with van der Waals surface area (Å²) in [5, 5.41) is 0. The smallest absolute Gasteiger partial charge is 0.329 e. The molecule has 4 aromatic carbocycles. The lowest BCUT2D eigenvalue weighted by molar-refractivity contribution is -0.165. The molecule has 0 spiro atoms. The van der Waals surface area contributed by atoms with E-state index in [1.807, 2.05) is 113 Å². The Bertz CT molecular complexity index is 2640. The van der Waals surface area contributed by atoms with Gasteiger partial charge in [-0.05, 0) is 148 Å². The van der Waals surface area contributed by atoms with Gasteiger partial charge >= 0.3 is 11.9 Å². The maximum Gasteiger partial charge on any atom is 0.329 e.